The molecule has 1 aliphatic rings. The number of anilines is 1. The summed E-state index contributed by atoms with van der Waals surface area (Å²) in [6.45, 7) is 6.05. The lowest BCUT2D eigenvalue weighted by Gasteiger charge is -2.14. The van der Waals surface area contributed by atoms with Gasteiger partial charge in [-0.05, 0) is 63.5 Å². The van der Waals surface area contributed by atoms with Crippen molar-refractivity contribution in [3.8, 4) is 0 Å². The van der Waals surface area contributed by atoms with Crippen LogP contribution in [0, 0.1) is 6.92 Å². The minimum Gasteiger partial charge on any atom is -0.338 e. The fraction of sp³-hybridized carbons (Fsp3) is 0.500. The van der Waals surface area contributed by atoms with Gasteiger partial charge in [0.05, 0.1) is 0 Å². The molecule has 25 heavy (non-hydrogen) atoms. The minimum atomic E-state index is -0.154. The van der Waals surface area contributed by atoms with E-state index in [9.17, 15) is 4.79 Å². The Bertz CT molecular complexity index is 675. The first-order valence-corrected chi connectivity index (χ1v) is 8.93. The van der Waals surface area contributed by atoms with Crippen molar-refractivity contribution in [2.75, 3.05) is 31.5 Å². The predicted octanol–water partition coefficient (Wildman–Crippen LogP) is 2.31. The Kier molecular flexibility index (Phi) is 6.00. The van der Waals surface area contributed by atoms with Crippen molar-refractivity contribution < 1.29 is 4.79 Å². The van der Waals surface area contributed by atoms with E-state index in [0.29, 0.717) is 13.0 Å². The number of urea groups is 1. The number of carbonyl (C=O) groups is 1. The summed E-state index contributed by atoms with van der Waals surface area (Å²) < 4.78 is 0. The Morgan fingerprint density at radius 1 is 1.24 bits per heavy atom. The zero-order chi connectivity index (χ0) is 17.5. The monoisotopic (exact) mass is 342 g/mol. The van der Waals surface area contributed by atoms with E-state index in [2.05, 4.69) is 30.7 Å². The number of likely N-dealkylation sites (tertiary alicyclic amines) is 1. The molecule has 0 saturated carbocycles. The number of H-pyrrole nitrogens is 1. The van der Waals surface area contributed by atoms with E-state index in [-0.39, 0.29) is 6.03 Å². The van der Waals surface area contributed by atoms with Crippen molar-refractivity contribution in [2.24, 2.45) is 0 Å². The van der Waals surface area contributed by atoms with Crippen LogP contribution in [0.15, 0.2) is 24.3 Å². The second-order valence-corrected chi connectivity index (χ2v) is 6.49. The summed E-state index contributed by atoms with van der Waals surface area (Å²) in [5.41, 5.74) is 1.89. The molecule has 3 rings (SSSR count). The summed E-state index contributed by atoms with van der Waals surface area (Å²) in [7, 11) is 0. The van der Waals surface area contributed by atoms with Crippen LogP contribution in [0.1, 0.15) is 36.5 Å². The van der Waals surface area contributed by atoms with E-state index in [1.807, 2.05) is 31.2 Å². The van der Waals surface area contributed by atoms with Crippen LogP contribution in [-0.4, -0.2) is 52.3 Å². The fourth-order valence-corrected chi connectivity index (χ4v) is 3.04. The van der Waals surface area contributed by atoms with Crippen LogP contribution < -0.4 is 10.6 Å². The number of nitrogens with one attached hydrogen (secondary N) is 3. The molecule has 7 nitrogen and oxygen atoms in total. The van der Waals surface area contributed by atoms with E-state index in [1.165, 1.54) is 25.9 Å². The summed E-state index contributed by atoms with van der Waals surface area (Å²) >= 11 is 0. The van der Waals surface area contributed by atoms with Gasteiger partial charge in [0, 0.05) is 18.7 Å². The first-order valence-electron chi connectivity index (χ1n) is 8.93. The van der Waals surface area contributed by atoms with Gasteiger partial charge in [-0.3, -0.25) is 5.10 Å². The third-order valence-electron chi connectivity index (χ3n) is 4.35. The number of aromatic amines is 1. The molecule has 7 heteroatoms. The predicted molar refractivity (Wildman–Crippen MR) is 97.7 cm³/mol. The van der Waals surface area contributed by atoms with Crippen LogP contribution in [0.3, 0.4) is 0 Å². The number of rotatable bonds is 7. The van der Waals surface area contributed by atoms with Gasteiger partial charge in [-0.2, -0.15) is 5.10 Å². The molecule has 1 fully saturated rings. The lowest BCUT2D eigenvalue weighted by atomic mass is 10.1. The number of carbonyl (C=O) groups excluding carboxylic acids is 1. The molecule has 0 bridgehead atoms. The summed E-state index contributed by atoms with van der Waals surface area (Å²) in [5, 5.41) is 12.7. The van der Waals surface area contributed by atoms with Crippen LogP contribution in [-0.2, 0) is 6.42 Å². The molecule has 1 saturated heterocycles. The van der Waals surface area contributed by atoms with Crippen LogP contribution in [0.5, 0.6) is 0 Å². The highest BCUT2D eigenvalue weighted by atomic mass is 16.2. The van der Waals surface area contributed by atoms with Gasteiger partial charge in [-0.15, -0.1) is 0 Å². The summed E-state index contributed by atoms with van der Waals surface area (Å²) in [4.78, 5) is 18.7. The minimum absolute atomic E-state index is 0.154. The van der Waals surface area contributed by atoms with Gasteiger partial charge < -0.3 is 15.5 Å². The van der Waals surface area contributed by atoms with Crippen molar-refractivity contribution in [3.63, 3.8) is 0 Å². The number of hydrogen-bond acceptors (Lipinski definition) is 4. The van der Waals surface area contributed by atoms with Crippen molar-refractivity contribution in [3.05, 3.63) is 41.5 Å². The van der Waals surface area contributed by atoms with Crippen molar-refractivity contribution in [1.82, 2.24) is 25.4 Å². The number of hydrogen-bond donors (Lipinski definition) is 3. The Balaban J connectivity index is 1.37. The zero-order valence-electron chi connectivity index (χ0n) is 14.7. The molecule has 2 aromatic rings. The summed E-state index contributed by atoms with van der Waals surface area (Å²) in [6, 6.07) is 7.61. The lowest BCUT2D eigenvalue weighted by Crippen LogP contribution is -2.31. The van der Waals surface area contributed by atoms with Gasteiger partial charge in [0.25, 0.3) is 0 Å². The van der Waals surface area contributed by atoms with Gasteiger partial charge in [-0.1, -0.05) is 12.1 Å². The second-order valence-electron chi connectivity index (χ2n) is 6.49. The van der Waals surface area contributed by atoms with Crippen molar-refractivity contribution in [2.45, 2.75) is 32.6 Å². The maximum atomic E-state index is 11.9. The Labute approximate surface area is 148 Å². The average molecular weight is 342 g/mol. The highest BCUT2D eigenvalue weighted by Crippen LogP contribution is 2.12. The molecule has 0 atom stereocenters. The largest absolute Gasteiger partial charge is 0.338 e. The van der Waals surface area contributed by atoms with Crippen molar-refractivity contribution in [1.29, 1.82) is 0 Å². The zero-order valence-corrected chi connectivity index (χ0v) is 14.7. The third-order valence-corrected chi connectivity index (χ3v) is 4.35. The molecule has 1 aromatic heterocycles. The van der Waals surface area contributed by atoms with Gasteiger partial charge >= 0.3 is 6.03 Å². The SMILES string of the molecule is Cc1nc(Cc2ccc(NC(=O)NCCCN3CCCC3)cc2)n[nH]1. The average Bonchev–Trinajstić information content (AvgIpc) is 3.25. The molecular formula is C18H26N6O. The van der Waals surface area contributed by atoms with Crippen LogP contribution in [0.4, 0.5) is 10.5 Å². The first kappa shape index (κ1) is 17.4. The smallest absolute Gasteiger partial charge is 0.319 e. The molecule has 0 aliphatic carbocycles. The highest BCUT2D eigenvalue weighted by Gasteiger charge is 2.10. The standard InChI is InChI=1S/C18H26N6O/c1-14-20-17(23-22-14)13-15-5-7-16(8-6-15)21-18(25)19-9-4-12-24-10-2-3-11-24/h5-8H,2-4,9-13H2,1H3,(H2,19,21,25)(H,20,22,23). The quantitative estimate of drug-likeness (QED) is 0.674. The number of benzene rings is 1. The number of amides is 2. The Morgan fingerprint density at radius 3 is 2.68 bits per heavy atom. The van der Waals surface area contributed by atoms with E-state index in [4.69, 9.17) is 0 Å². The summed E-state index contributed by atoms with van der Waals surface area (Å²) in [6.07, 6.45) is 4.27. The molecule has 0 radical (unpaired) electrons. The first-order chi connectivity index (χ1) is 12.2. The maximum Gasteiger partial charge on any atom is 0.319 e. The molecule has 1 aliphatic heterocycles. The molecular weight excluding hydrogens is 316 g/mol. The van der Waals surface area contributed by atoms with E-state index < -0.39 is 0 Å². The molecule has 2 amide bonds. The summed E-state index contributed by atoms with van der Waals surface area (Å²) in [5.74, 6) is 1.59. The van der Waals surface area contributed by atoms with Gasteiger partial charge in [0.15, 0.2) is 5.82 Å². The lowest BCUT2D eigenvalue weighted by molar-refractivity contribution is 0.251. The Morgan fingerprint density at radius 2 is 2.00 bits per heavy atom. The molecule has 0 spiro atoms. The van der Waals surface area contributed by atoms with Gasteiger partial charge in [0.1, 0.15) is 5.82 Å². The van der Waals surface area contributed by atoms with Crippen LogP contribution in [0.2, 0.25) is 0 Å². The van der Waals surface area contributed by atoms with E-state index in [1.54, 1.807) is 0 Å². The van der Waals surface area contributed by atoms with Gasteiger partial charge in [-0.25, -0.2) is 9.78 Å². The van der Waals surface area contributed by atoms with Crippen LogP contribution >= 0.6 is 0 Å². The Hall–Kier alpha value is -2.41. The number of aryl methyl sites for hydroxylation is 1. The van der Waals surface area contributed by atoms with Crippen LogP contribution in [0.25, 0.3) is 0 Å². The fourth-order valence-electron chi connectivity index (χ4n) is 3.04. The third kappa shape index (κ3) is 5.56. The van der Waals surface area contributed by atoms with E-state index >= 15 is 0 Å². The topological polar surface area (TPSA) is 85.9 Å². The number of nitrogens with zero attached hydrogens (tertiary/aromatic N) is 3. The second kappa shape index (κ2) is 8.62. The maximum absolute atomic E-state index is 11.9. The van der Waals surface area contributed by atoms with Crippen molar-refractivity contribution >= 4 is 11.7 Å². The molecule has 3 N–H and O–H groups in total. The molecule has 1 aromatic carbocycles. The normalized spacial score (nSPS) is 14.6. The molecule has 2 heterocycles. The van der Waals surface area contributed by atoms with E-state index in [0.717, 1.165) is 35.9 Å². The van der Waals surface area contributed by atoms with Gasteiger partial charge in [0.2, 0.25) is 0 Å². The molecule has 0 unspecified atom stereocenters. The molecule has 134 valence electrons. The highest BCUT2D eigenvalue weighted by molar-refractivity contribution is 5.89. The number of aromatic nitrogens is 3.